The molecule has 0 aliphatic carbocycles. The van der Waals surface area contributed by atoms with E-state index >= 15 is 0 Å². The van der Waals surface area contributed by atoms with Gasteiger partial charge in [0.2, 0.25) is 0 Å². The SMILES string of the molecule is NC(c1ccccc1)c1ccc(F)c(F)c1. The van der Waals surface area contributed by atoms with E-state index in [0.29, 0.717) is 5.56 Å². The summed E-state index contributed by atoms with van der Waals surface area (Å²) in [5.41, 5.74) is 7.38. The molecule has 1 atom stereocenters. The second-order valence-electron chi connectivity index (χ2n) is 3.56. The highest BCUT2D eigenvalue weighted by Gasteiger charge is 2.10. The van der Waals surface area contributed by atoms with E-state index in [0.717, 1.165) is 17.7 Å². The van der Waals surface area contributed by atoms with Gasteiger partial charge in [-0.3, -0.25) is 0 Å². The average molecular weight is 219 g/mol. The molecule has 0 heterocycles. The Kier molecular flexibility index (Phi) is 2.97. The summed E-state index contributed by atoms with van der Waals surface area (Å²) in [5.74, 6) is -1.73. The molecule has 0 fully saturated rings. The molecule has 1 nitrogen and oxygen atoms in total. The first-order valence-electron chi connectivity index (χ1n) is 4.94. The van der Waals surface area contributed by atoms with Gasteiger partial charge in [0.25, 0.3) is 0 Å². The quantitative estimate of drug-likeness (QED) is 0.825. The van der Waals surface area contributed by atoms with Crippen LogP contribution in [0.25, 0.3) is 0 Å². The minimum atomic E-state index is -0.871. The van der Waals surface area contributed by atoms with E-state index in [1.807, 2.05) is 30.3 Å². The van der Waals surface area contributed by atoms with Crippen LogP contribution in [0.4, 0.5) is 8.78 Å². The highest BCUT2D eigenvalue weighted by Crippen LogP contribution is 2.20. The van der Waals surface area contributed by atoms with Crippen LogP contribution < -0.4 is 5.73 Å². The molecule has 0 amide bonds. The summed E-state index contributed by atoms with van der Waals surface area (Å²) in [6.07, 6.45) is 0. The fraction of sp³-hybridized carbons (Fsp3) is 0.0769. The standard InChI is InChI=1S/C13H11F2N/c14-11-7-6-10(8-12(11)15)13(16)9-4-2-1-3-5-9/h1-8,13H,16H2. The first kappa shape index (κ1) is 10.8. The highest BCUT2D eigenvalue weighted by molar-refractivity contribution is 5.31. The molecule has 0 saturated heterocycles. The first-order valence-corrected chi connectivity index (χ1v) is 4.94. The maximum Gasteiger partial charge on any atom is 0.159 e. The number of nitrogens with two attached hydrogens (primary N) is 1. The Labute approximate surface area is 92.5 Å². The third-order valence-electron chi connectivity index (χ3n) is 2.46. The second kappa shape index (κ2) is 4.41. The largest absolute Gasteiger partial charge is 0.320 e. The fourth-order valence-corrected chi connectivity index (χ4v) is 1.56. The Balaban J connectivity index is 2.34. The number of hydrogen-bond donors (Lipinski definition) is 1. The zero-order chi connectivity index (χ0) is 11.5. The van der Waals surface area contributed by atoms with Crippen molar-refractivity contribution in [1.82, 2.24) is 0 Å². The average Bonchev–Trinajstić information content (AvgIpc) is 2.33. The van der Waals surface area contributed by atoms with E-state index in [2.05, 4.69) is 0 Å². The lowest BCUT2D eigenvalue weighted by molar-refractivity contribution is 0.506. The van der Waals surface area contributed by atoms with Gasteiger partial charge in [-0.2, -0.15) is 0 Å². The zero-order valence-corrected chi connectivity index (χ0v) is 8.53. The summed E-state index contributed by atoms with van der Waals surface area (Å²) in [7, 11) is 0. The molecule has 0 aliphatic heterocycles. The molecular formula is C13H11F2N. The van der Waals surface area contributed by atoms with Crippen molar-refractivity contribution in [3.63, 3.8) is 0 Å². The van der Waals surface area contributed by atoms with E-state index in [4.69, 9.17) is 5.73 Å². The Morgan fingerprint density at radius 2 is 1.50 bits per heavy atom. The molecule has 2 N–H and O–H groups in total. The summed E-state index contributed by atoms with van der Waals surface area (Å²) in [6.45, 7) is 0. The normalized spacial score (nSPS) is 12.4. The molecule has 3 heteroatoms. The van der Waals surface area contributed by atoms with E-state index in [1.165, 1.54) is 6.07 Å². The molecule has 0 spiro atoms. The summed E-state index contributed by atoms with van der Waals surface area (Å²) in [4.78, 5) is 0. The van der Waals surface area contributed by atoms with Gasteiger partial charge < -0.3 is 5.73 Å². The third kappa shape index (κ3) is 2.09. The lowest BCUT2D eigenvalue weighted by Gasteiger charge is -2.12. The molecule has 0 saturated carbocycles. The van der Waals surface area contributed by atoms with Crippen molar-refractivity contribution in [3.8, 4) is 0 Å². The summed E-state index contributed by atoms with van der Waals surface area (Å²) in [6, 6.07) is 12.6. The minimum absolute atomic E-state index is 0.434. The monoisotopic (exact) mass is 219 g/mol. The van der Waals surface area contributed by atoms with Crippen LogP contribution in [0.1, 0.15) is 17.2 Å². The van der Waals surface area contributed by atoms with Crippen molar-refractivity contribution < 1.29 is 8.78 Å². The fourth-order valence-electron chi connectivity index (χ4n) is 1.56. The van der Waals surface area contributed by atoms with Gasteiger partial charge in [0.05, 0.1) is 6.04 Å². The van der Waals surface area contributed by atoms with Crippen LogP contribution in [-0.2, 0) is 0 Å². The molecule has 0 aliphatic rings. The van der Waals surface area contributed by atoms with Gasteiger partial charge in [-0.15, -0.1) is 0 Å². The molecule has 16 heavy (non-hydrogen) atoms. The number of benzene rings is 2. The van der Waals surface area contributed by atoms with Crippen molar-refractivity contribution in [2.24, 2.45) is 5.73 Å². The zero-order valence-electron chi connectivity index (χ0n) is 8.53. The second-order valence-corrected chi connectivity index (χ2v) is 3.56. The van der Waals surface area contributed by atoms with Crippen LogP contribution in [0.15, 0.2) is 48.5 Å². The van der Waals surface area contributed by atoms with Gasteiger partial charge in [0.15, 0.2) is 11.6 Å². The van der Waals surface area contributed by atoms with Gasteiger partial charge in [-0.25, -0.2) is 8.78 Å². The van der Waals surface area contributed by atoms with Gasteiger partial charge in [0, 0.05) is 0 Å². The van der Waals surface area contributed by atoms with Crippen LogP contribution in [0, 0.1) is 11.6 Å². The molecule has 2 aromatic rings. The molecule has 2 aromatic carbocycles. The Morgan fingerprint density at radius 1 is 0.812 bits per heavy atom. The lowest BCUT2D eigenvalue weighted by Crippen LogP contribution is -2.12. The van der Waals surface area contributed by atoms with Crippen LogP contribution in [-0.4, -0.2) is 0 Å². The van der Waals surface area contributed by atoms with Crippen LogP contribution in [0.2, 0.25) is 0 Å². The predicted octanol–water partition coefficient (Wildman–Crippen LogP) is 3.01. The predicted molar refractivity (Wildman–Crippen MR) is 58.8 cm³/mol. The maximum absolute atomic E-state index is 13.0. The topological polar surface area (TPSA) is 26.0 Å². The minimum Gasteiger partial charge on any atom is -0.320 e. The van der Waals surface area contributed by atoms with Crippen LogP contribution in [0.5, 0.6) is 0 Å². The highest BCUT2D eigenvalue weighted by atomic mass is 19.2. The van der Waals surface area contributed by atoms with Crippen LogP contribution >= 0.6 is 0 Å². The summed E-state index contributed by atoms with van der Waals surface area (Å²) < 4.78 is 25.8. The molecular weight excluding hydrogens is 208 g/mol. The molecule has 0 bridgehead atoms. The Hall–Kier alpha value is -1.74. The summed E-state index contributed by atoms with van der Waals surface area (Å²) in [5, 5.41) is 0. The van der Waals surface area contributed by atoms with Crippen molar-refractivity contribution in [2.75, 3.05) is 0 Å². The number of halogens is 2. The van der Waals surface area contributed by atoms with Gasteiger partial charge in [-0.05, 0) is 23.3 Å². The molecule has 1 unspecified atom stereocenters. The molecule has 82 valence electrons. The third-order valence-corrected chi connectivity index (χ3v) is 2.46. The van der Waals surface area contributed by atoms with E-state index in [-0.39, 0.29) is 0 Å². The van der Waals surface area contributed by atoms with E-state index < -0.39 is 17.7 Å². The van der Waals surface area contributed by atoms with Crippen molar-refractivity contribution in [2.45, 2.75) is 6.04 Å². The number of hydrogen-bond acceptors (Lipinski definition) is 1. The van der Waals surface area contributed by atoms with E-state index in [1.54, 1.807) is 0 Å². The molecule has 2 rings (SSSR count). The summed E-state index contributed by atoms with van der Waals surface area (Å²) >= 11 is 0. The van der Waals surface area contributed by atoms with Gasteiger partial charge >= 0.3 is 0 Å². The molecule has 0 aromatic heterocycles. The van der Waals surface area contributed by atoms with Crippen molar-refractivity contribution in [3.05, 3.63) is 71.3 Å². The smallest absolute Gasteiger partial charge is 0.159 e. The van der Waals surface area contributed by atoms with Gasteiger partial charge in [0.1, 0.15) is 0 Å². The Morgan fingerprint density at radius 3 is 2.12 bits per heavy atom. The van der Waals surface area contributed by atoms with Crippen molar-refractivity contribution in [1.29, 1.82) is 0 Å². The van der Waals surface area contributed by atoms with E-state index in [9.17, 15) is 8.78 Å². The molecule has 0 radical (unpaired) electrons. The lowest BCUT2D eigenvalue weighted by atomic mass is 10.00. The van der Waals surface area contributed by atoms with Crippen LogP contribution in [0.3, 0.4) is 0 Å². The maximum atomic E-state index is 13.0. The first-order chi connectivity index (χ1) is 7.68. The van der Waals surface area contributed by atoms with Crippen molar-refractivity contribution >= 4 is 0 Å². The van der Waals surface area contributed by atoms with Gasteiger partial charge in [-0.1, -0.05) is 36.4 Å². The number of rotatable bonds is 2. The Bertz CT molecular complexity index is 483.